The minimum atomic E-state index is -4.52. The van der Waals surface area contributed by atoms with E-state index in [4.69, 9.17) is 10.3 Å². The number of alkyl halides is 3. The molecule has 0 saturated heterocycles. The van der Waals surface area contributed by atoms with Gasteiger partial charge in [0, 0.05) is 12.2 Å². The minimum absolute atomic E-state index is 0.0233. The van der Waals surface area contributed by atoms with Gasteiger partial charge in [-0.1, -0.05) is 11.2 Å². The molecule has 4 nitrogen and oxygen atoms in total. The summed E-state index contributed by atoms with van der Waals surface area (Å²) < 4.78 is 38.5. The highest BCUT2D eigenvalue weighted by molar-refractivity contribution is 5.98. The van der Waals surface area contributed by atoms with Gasteiger partial charge in [-0.05, 0) is 24.6 Å². The molecule has 0 aromatic heterocycles. The number of hydrogen-bond acceptors (Lipinski definition) is 4. The molecule has 18 heavy (non-hydrogen) atoms. The molecule has 1 aromatic rings. The van der Waals surface area contributed by atoms with Crippen LogP contribution in [0.3, 0.4) is 0 Å². The smallest absolute Gasteiger partial charge is 0.411 e. The monoisotopic (exact) mass is 262 g/mol. The molecule has 0 atom stereocenters. The Morgan fingerprint density at radius 2 is 2.06 bits per heavy atom. The summed E-state index contributed by atoms with van der Waals surface area (Å²) in [7, 11) is 0. The second-order valence-electron chi connectivity index (χ2n) is 3.59. The molecule has 0 aliphatic carbocycles. The first kappa shape index (κ1) is 14.3. The van der Waals surface area contributed by atoms with Crippen LogP contribution in [0.2, 0.25) is 0 Å². The molecule has 0 fully saturated rings. The average molecular weight is 262 g/mol. The SMILES string of the molecule is C/C(=N\O)c1ccc(NCCO)c(C(F)(F)F)c1. The number of nitrogens with zero attached hydrogens (tertiary/aromatic N) is 1. The van der Waals surface area contributed by atoms with E-state index >= 15 is 0 Å². The summed E-state index contributed by atoms with van der Waals surface area (Å²) in [6, 6.07) is 3.54. The molecule has 0 unspecified atom stereocenters. The molecule has 0 aliphatic heterocycles. The minimum Gasteiger partial charge on any atom is -0.411 e. The van der Waals surface area contributed by atoms with E-state index in [0.717, 1.165) is 6.07 Å². The maximum Gasteiger partial charge on any atom is 0.418 e. The molecule has 1 rings (SSSR count). The van der Waals surface area contributed by atoms with Crippen LogP contribution < -0.4 is 5.32 Å². The van der Waals surface area contributed by atoms with Crippen molar-refractivity contribution in [3.05, 3.63) is 29.3 Å². The Kier molecular flexibility index (Phi) is 4.55. The van der Waals surface area contributed by atoms with Crippen molar-refractivity contribution >= 4 is 11.4 Å². The van der Waals surface area contributed by atoms with Crippen molar-refractivity contribution in [2.45, 2.75) is 13.1 Å². The third-order valence-corrected chi connectivity index (χ3v) is 2.32. The first-order valence-electron chi connectivity index (χ1n) is 5.15. The Labute approximate surface area is 102 Å². The van der Waals surface area contributed by atoms with Crippen LogP contribution in [0, 0.1) is 0 Å². The Bertz CT molecular complexity index is 444. The molecule has 0 amide bonds. The largest absolute Gasteiger partial charge is 0.418 e. The molecule has 0 aliphatic rings. The summed E-state index contributed by atoms with van der Waals surface area (Å²) >= 11 is 0. The highest BCUT2D eigenvalue weighted by Crippen LogP contribution is 2.35. The first-order valence-corrected chi connectivity index (χ1v) is 5.15. The summed E-state index contributed by atoms with van der Waals surface area (Å²) in [6.07, 6.45) is -4.52. The van der Waals surface area contributed by atoms with Crippen LogP contribution in [0.25, 0.3) is 0 Å². The van der Waals surface area contributed by atoms with Gasteiger partial charge in [-0.25, -0.2) is 0 Å². The van der Waals surface area contributed by atoms with Crippen molar-refractivity contribution in [1.29, 1.82) is 0 Å². The zero-order valence-electron chi connectivity index (χ0n) is 9.62. The van der Waals surface area contributed by atoms with Crippen molar-refractivity contribution in [3.63, 3.8) is 0 Å². The fourth-order valence-corrected chi connectivity index (χ4v) is 1.41. The van der Waals surface area contributed by atoms with Gasteiger partial charge < -0.3 is 15.6 Å². The zero-order valence-corrected chi connectivity index (χ0v) is 9.62. The highest BCUT2D eigenvalue weighted by Gasteiger charge is 2.33. The van der Waals surface area contributed by atoms with Crippen molar-refractivity contribution < 1.29 is 23.5 Å². The Morgan fingerprint density at radius 3 is 2.56 bits per heavy atom. The van der Waals surface area contributed by atoms with Crippen molar-refractivity contribution in [2.75, 3.05) is 18.5 Å². The lowest BCUT2D eigenvalue weighted by molar-refractivity contribution is -0.137. The molecule has 100 valence electrons. The number of oxime groups is 1. The van der Waals surface area contributed by atoms with Crippen molar-refractivity contribution in [1.82, 2.24) is 0 Å². The fraction of sp³-hybridized carbons (Fsp3) is 0.364. The van der Waals surface area contributed by atoms with Gasteiger partial charge >= 0.3 is 6.18 Å². The predicted molar refractivity (Wildman–Crippen MR) is 61.0 cm³/mol. The van der Waals surface area contributed by atoms with Gasteiger partial charge in [0.15, 0.2) is 0 Å². The van der Waals surface area contributed by atoms with Crippen molar-refractivity contribution in [3.8, 4) is 0 Å². The van der Waals surface area contributed by atoms with Gasteiger partial charge in [-0.15, -0.1) is 0 Å². The summed E-state index contributed by atoms with van der Waals surface area (Å²) in [6.45, 7) is 1.15. The Morgan fingerprint density at radius 1 is 1.39 bits per heavy atom. The van der Waals surface area contributed by atoms with Crippen LogP contribution in [0.5, 0.6) is 0 Å². The zero-order chi connectivity index (χ0) is 13.8. The molecular formula is C11H13F3N2O2. The van der Waals surface area contributed by atoms with Crippen LogP contribution in [-0.2, 0) is 6.18 Å². The van der Waals surface area contributed by atoms with E-state index in [1.807, 2.05) is 0 Å². The fourth-order valence-electron chi connectivity index (χ4n) is 1.41. The summed E-state index contributed by atoms with van der Waals surface area (Å²) in [4.78, 5) is 0. The van der Waals surface area contributed by atoms with E-state index in [-0.39, 0.29) is 30.1 Å². The molecule has 0 saturated carbocycles. The van der Waals surface area contributed by atoms with Gasteiger partial charge in [-0.2, -0.15) is 13.2 Å². The van der Waals surface area contributed by atoms with Gasteiger partial charge in [0.05, 0.1) is 17.9 Å². The number of aliphatic hydroxyl groups excluding tert-OH is 1. The van der Waals surface area contributed by atoms with E-state index in [1.165, 1.54) is 19.1 Å². The highest BCUT2D eigenvalue weighted by atomic mass is 19.4. The lowest BCUT2D eigenvalue weighted by Crippen LogP contribution is -2.14. The second kappa shape index (κ2) is 5.72. The summed E-state index contributed by atoms with van der Waals surface area (Å²) in [5.41, 5.74) is -0.712. The average Bonchev–Trinajstić information content (AvgIpc) is 2.34. The lowest BCUT2D eigenvalue weighted by atomic mass is 10.0. The third-order valence-electron chi connectivity index (χ3n) is 2.32. The Balaban J connectivity index is 3.21. The van der Waals surface area contributed by atoms with Crippen LogP contribution in [0.4, 0.5) is 18.9 Å². The third kappa shape index (κ3) is 3.36. The van der Waals surface area contributed by atoms with Gasteiger partial charge in [0.1, 0.15) is 0 Å². The van der Waals surface area contributed by atoms with E-state index in [9.17, 15) is 13.2 Å². The van der Waals surface area contributed by atoms with Crippen molar-refractivity contribution in [2.24, 2.45) is 5.16 Å². The van der Waals surface area contributed by atoms with E-state index in [2.05, 4.69) is 10.5 Å². The first-order chi connectivity index (χ1) is 8.40. The second-order valence-corrected chi connectivity index (χ2v) is 3.59. The van der Waals surface area contributed by atoms with Gasteiger partial charge in [0.2, 0.25) is 0 Å². The number of anilines is 1. The number of nitrogens with one attached hydrogen (secondary N) is 1. The molecule has 7 heteroatoms. The Hall–Kier alpha value is -1.76. The van der Waals surface area contributed by atoms with Crippen LogP contribution in [-0.4, -0.2) is 29.2 Å². The normalized spacial score (nSPS) is 12.6. The summed E-state index contributed by atoms with van der Waals surface area (Å²) in [5, 5.41) is 22.5. The molecule has 1 aromatic carbocycles. The summed E-state index contributed by atoms with van der Waals surface area (Å²) in [5.74, 6) is 0. The van der Waals surface area contributed by atoms with E-state index in [0.29, 0.717) is 0 Å². The van der Waals surface area contributed by atoms with Crippen LogP contribution in [0.15, 0.2) is 23.4 Å². The molecule has 0 radical (unpaired) electrons. The number of rotatable bonds is 4. The molecular weight excluding hydrogens is 249 g/mol. The molecule has 0 heterocycles. The maximum atomic E-state index is 12.8. The maximum absolute atomic E-state index is 12.8. The molecule has 3 N–H and O–H groups in total. The van der Waals surface area contributed by atoms with Gasteiger partial charge in [-0.3, -0.25) is 0 Å². The molecule has 0 bridgehead atoms. The predicted octanol–water partition coefficient (Wildman–Crippen LogP) is 2.31. The standard InChI is InChI=1S/C11H13F3N2O2/c1-7(16-18)8-2-3-10(15-4-5-17)9(6-8)11(12,13)14/h2-3,6,15,17-18H,4-5H2,1H3/b16-7+. The van der Waals surface area contributed by atoms with E-state index in [1.54, 1.807) is 0 Å². The number of halogens is 3. The number of hydrogen-bond donors (Lipinski definition) is 3. The number of benzene rings is 1. The number of aliphatic hydroxyl groups is 1. The quantitative estimate of drug-likeness (QED) is 0.443. The van der Waals surface area contributed by atoms with Crippen LogP contribution in [0.1, 0.15) is 18.1 Å². The van der Waals surface area contributed by atoms with Crippen LogP contribution >= 0.6 is 0 Å². The topological polar surface area (TPSA) is 64.9 Å². The molecule has 0 spiro atoms. The lowest BCUT2D eigenvalue weighted by Gasteiger charge is -2.15. The van der Waals surface area contributed by atoms with Gasteiger partial charge in [0.25, 0.3) is 0 Å². The van der Waals surface area contributed by atoms with E-state index < -0.39 is 11.7 Å².